The molecular weight excluding hydrogens is 246 g/mol. The summed E-state index contributed by atoms with van der Waals surface area (Å²) in [5.41, 5.74) is 1.50. The van der Waals surface area contributed by atoms with E-state index < -0.39 is 6.10 Å². The van der Waals surface area contributed by atoms with Crippen molar-refractivity contribution in [1.29, 1.82) is 0 Å². The SMILES string of the molecule is COc1cc([C@H](C)O)ccc1OCc1cc(C)on1. The van der Waals surface area contributed by atoms with Crippen LogP contribution in [0.25, 0.3) is 0 Å². The standard InChI is InChI=1S/C14H17NO4/c1-9-6-12(15-19-9)8-18-13-5-4-11(10(2)16)7-14(13)17-3/h4-7,10,16H,8H2,1-3H3/t10-/m0/s1. The number of methoxy groups -OCH3 is 1. The Labute approximate surface area is 111 Å². The van der Waals surface area contributed by atoms with Gasteiger partial charge >= 0.3 is 0 Å². The monoisotopic (exact) mass is 263 g/mol. The van der Waals surface area contributed by atoms with E-state index in [0.29, 0.717) is 18.1 Å². The number of aryl methyl sites for hydroxylation is 1. The van der Waals surface area contributed by atoms with E-state index in [9.17, 15) is 5.11 Å². The van der Waals surface area contributed by atoms with Crippen molar-refractivity contribution in [3.8, 4) is 11.5 Å². The van der Waals surface area contributed by atoms with E-state index in [1.807, 2.05) is 13.0 Å². The van der Waals surface area contributed by atoms with Crippen LogP contribution in [0.5, 0.6) is 11.5 Å². The van der Waals surface area contributed by atoms with Gasteiger partial charge in [0.1, 0.15) is 18.1 Å². The molecule has 0 bridgehead atoms. The smallest absolute Gasteiger partial charge is 0.161 e. The minimum atomic E-state index is -0.541. The molecule has 0 unspecified atom stereocenters. The van der Waals surface area contributed by atoms with Crippen molar-refractivity contribution in [2.24, 2.45) is 0 Å². The van der Waals surface area contributed by atoms with Gasteiger partial charge in [0.25, 0.3) is 0 Å². The van der Waals surface area contributed by atoms with E-state index >= 15 is 0 Å². The topological polar surface area (TPSA) is 64.7 Å². The highest BCUT2D eigenvalue weighted by molar-refractivity contribution is 5.43. The first-order valence-electron chi connectivity index (χ1n) is 6.01. The van der Waals surface area contributed by atoms with Gasteiger partial charge in [0.2, 0.25) is 0 Å². The van der Waals surface area contributed by atoms with E-state index in [4.69, 9.17) is 14.0 Å². The van der Waals surface area contributed by atoms with Gasteiger partial charge < -0.3 is 19.1 Å². The van der Waals surface area contributed by atoms with E-state index in [0.717, 1.165) is 17.0 Å². The lowest BCUT2D eigenvalue weighted by Gasteiger charge is -2.12. The second-order valence-electron chi connectivity index (χ2n) is 4.30. The highest BCUT2D eigenvalue weighted by atomic mass is 16.5. The number of aromatic nitrogens is 1. The molecule has 0 aliphatic heterocycles. The molecule has 2 rings (SSSR count). The Hall–Kier alpha value is -2.01. The molecule has 2 aromatic rings. The summed E-state index contributed by atoms with van der Waals surface area (Å²) in [6.45, 7) is 3.84. The van der Waals surface area contributed by atoms with Crippen molar-refractivity contribution >= 4 is 0 Å². The number of benzene rings is 1. The fourth-order valence-electron chi connectivity index (χ4n) is 1.70. The van der Waals surface area contributed by atoms with Crippen LogP contribution >= 0.6 is 0 Å². The van der Waals surface area contributed by atoms with Crippen molar-refractivity contribution in [2.75, 3.05) is 7.11 Å². The molecule has 5 nitrogen and oxygen atoms in total. The highest BCUT2D eigenvalue weighted by Crippen LogP contribution is 2.30. The van der Waals surface area contributed by atoms with Crippen molar-refractivity contribution in [2.45, 2.75) is 26.6 Å². The lowest BCUT2D eigenvalue weighted by molar-refractivity contribution is 0.198. The molecule has 1 aromatic carbocycles. The Balaban J connectivity index is 2.11. The van der Waals surface area contributed by atoms with Gasteiger partial charge in [0.05, 0.1) is 13.2 Å². The molecule has 1 atom stereocenters. The van der Waals surface area contributed by atoms with Crippen LogP contribution in [0.4, 0.5) is 0 Å². The van der Waals surface area contributed by atoms with E-state index in [-0.39, 0.29) is 0 Å². The minimum absolute atomic E-state index is 0.307. The average molecular weight is 263 g/mol. The largest absolute Gasteiger partial charge is 0.493 e. The maximum atomic E-state index is 9.53. The summed E-state index contributed by atoms with van der Waals surface area (Å²) in [4.78, 5) is 0. The molecular formula is C14H17NO4. The summed E-state index contributed by atoms with van der Waals surface area (Å²) in [6.07, 6.45) is -0.541. The van der Waals surface area contributed by atoms with Gasteiger partial charge in [-0.25, -0.2) is 0 Å². The number of nitrogens with zero attached hydrogens (tertiary/aromatic N) is 1. The zero-order chi connectivity index (χ0) is 13.8. The van der Waals surface area contributed by atoms with Gasteiger partial charge in [-0.1, -0.05) is 11.2 Å². The third kappa shape index (κ3) is 3.26. The number of hydrogen-bond donors (Lipinski definition) is 1. The first-order chi connectivity index (χ1) is 9.10. The number of rotatable bonds is 5. The molecule has 102 valence electrons. The molecule has 0 fully saturated rings. The van der Waals surface area contributed by atoms with Crippen LogP contribution in [0.1, 0.15) is 30.0 Å². The van der Waals surface area contributed by atoms with Gasteiger partial charge in [0, 0.05) is 6.07 Å². The maximum Gasteiger partial charge on any atom is 0.161 e. The lowest BCUT2D eigenvalue weighted by Crippen LogP contribution is -1.99. The third-order valence-corrected chi connectivity index (χ3v) is 2.72. The first-order valence-corrected chi connectivity index (χ1v) is 6.01. The minimum Gasteiger partial charge on any atom is -0.493 e. The molecule has 0 amide bonds. The normalized spacial score (nSPS) is 12.2. The molecule has 0 spiro atoms. The highest BCUT2D eigenvalue weighted by Gasteiger charge is 2.10. The van der Waals surface area contributed by atoms with Gasteiger partial charge in [-0.05, 0) is 31.5 Å². The van der Waals surface area contributed by atoms with Crippen LogP contribution in [-0.2, 0) is 6.61 Å². The molecule has 5 heteroatoms. The predicted molar refractivity (Wildman–Crippen MR) is 69.2 cm³/mol. The van der Waals surface area contributed by atoms with Crippen molar-refractivity contribution in [1.82, 2.24) is 5.16 Å². The lowest BCUT2D eigenvalue weighted by atomic mass is 10.1. The summed E-state index contributed by atoms with van der Waals surface area (Å²) >= 11 is 0. The summed E-state index contributed by atoms with van der Waals surface area (Å²) in [6, 6.07) is 7.15. The van der Waals surface area contributed by atoms with Gasteiger partial charge in [0.15, 0.2) is 11.5 Å². The Morgan fingerprint density at radius 2 is 2.11 bits per heavy atom. The number of aliphatic hydroxyl groups is 1. The maximum absolute atomic E-state index is 9.53. The summed E-state index contributed by atoms with van der Waals surface area (Å²) < 4.78 is 15.8. The Morgan fingerprint density at radius 3 is 2.68 bits per heavy atom. The summed E-state index contributed by atoms with van der Waals surface area (Å²) in [5.74, 6) is 1.93. The van der Waals surface area contributed by atoms with Crippen LogP contribution in [0.3, 0.4) is 0 Å². The summed E-state index contributed by atoms with van der Waals surface area (Å²) in [7, 11) is 1.56. The van der Waals surface area contributed by atoms with Crippen molar-refractivity contribution in [3.05, 3.63) is 41.3 Å². The molecule has 0 radical (unpaired) electrons. The second-order valence-corrected chi connectivity index (χ2v) is 4.30. The Kier molecular flexibility index (Phi) is 4.06. The number of hydrogen-bond acceptors (Lipinski definition) is 5. The van der Waals surface area contributed by atoms with E-state index in [2.05, 4.69) is 5.16 Å². The summed E-state index contributed by atoms with van der Waals surface area (Å²) in [5, 5.41) is 13.4. The zero-order valence-electron chi connectivity index (χ0n) is 11.2. The van der Waals surface area contributed by atoms with E-state index in [1.54, 1.807) is 32.2 Å². The molecule has 1 heterocycles. The first kappa shape index (κ1) is 13.4. The molecule has 1 N–H and O–H groups in total. The number of ether oxygens (including phenoxy) is 2. The molecule has 0 aliphatic carbocycles. The van der Waals surface area contributed by atoms with Crippen LogP contribution in [0.2, 0.25) is 0 Å². The zero-order valence-corrected chi connectivity index (χ0v) is 11.2. The Morgan fingerprint density at radius 1 is 1.32 bits per heavy atom. The second kappa shape index (κ2) is 5.75. The third-order valence-electron chi connectivity index (χ3n) is 2.72. The molecule has 0 saturated carbocycles. The molecule has 0 saturated heterocycles. The van der Waals surface area contributed by atoms with Crippen molar-refractivity contribution < 1.29 is 19.1 Å². The molecule has 1 aromatic heterocycles. The number of aliphatic hydroxyl groups excluding tert-OH is 1. The van der Waals surface area contributed by atoms with Crippen LogP contribution in [0.15, 0.2) is 28.8 Å². The van der Waals surface area contributed by atoms with Gasteiger partial charge in [-0.15, -0.1) is 0 Å². The van der Waals surface area contributed by atoms with Crippen LogP contribution < -0.4 is 9.47 Å². The van der Waals surface area contributed by atoms with Gasteiger partial charge in [-0.2, -0.15) is 0 Å². The van der Waals surface area contributed by atoms with Crippen molar-refractivity contribution in [3.63, 3.8) is 0 Å². The quantitative estimate of drug-likeness (QED) is 0.898. The van der Waals surface area contributed by atoms with Crippen LogP contribution in [0, 0.1) is 6.92 Å². The fourth-order valence-corrected chi connectivity index (χ4v) is 1.70. The van der Waals surface area contributed by atoms with Crippen LogP contribution in [-0.4, -0.2) is 17.4 Å². The Bertz CT molecular complexity index is 548. The fraction of sp³-hybridized carbons (Fsp3) is 0.357. The molecule has 19 heavy (non-hydrogen) atoms. The average Bonchev–Trinajstić information content (AvgIpc) is 2.81. The predicted octanol–water partition coefficient (Wildman–Crippen LogP) is 2.62. The van der Waals surface area contributed by atoms with E-state index in [1.165, 1.54) is 0 Å². The van der Waals surface area contributed by atoms with Gasteiger partial charge in [-0.3, -0.25) is 0 Å². The molecule has 0 aliphatic rings.